The SMILES string of the molecule is CCN(C=O)/C(CO)=N\N(C)c1nc(OCC(F)(F)F)c(C(=O)Nc2cc(C#N)ccc2Cl)cc1F. The number of anilines is 2. The van der Waals surface area contributed by atoms with Gasteiger partial charge in [-0.15, -0.1) is 0 Å². The van der Waals surface area contributed by atoms with Crippen LogP contribution in [0.5, 0.6) is 5.88 Å². The molecular formula is C21H19ClF4N6O4. The second-order valence-electron chi connectivity index (χ2n) is 6.90. The molecule has 0 saturated heterocycles. The van der Waals surface area contributed by atoms with Crippen LogP contribution in [-0.2, 0) is 4.79 Å². The standard InChI is InChI=1S/C21H19ClF4N6O4/c1-3-32(11-34)17(9-33)30-31(2)18-15(23)7-13(20(29-18)36-10-21(24,25)26)19(35)28-16-6-12(8-27)4-5-14(16)22/h4-7,11,33H,3,9-10H2,1-2H3,(H,28,35)/b30-17-. The Labute approximate surface area is 207 Å². The molecular weight excluding hydrogens is 512 g/mol. The van der Waals surface area contributed by atoms with Crippen molar-refractivity contribution >= 4 is 41.3 Å². The summed E-state index contributed by atoms with van der Waals surface area (Å²) in [7, 11) is 1.15. The fourth-order valence-corrected chi connectivity index (χ4v) is 2.88. The number of ether oxygens (including phenoxy) is 1. The maximum absolute atomic E-state index is 14.9. The first-order chi connectivity index (χ1) is 16.9. The number of likely N-dealkylation sites (N-methyl/N-ethyl adjacent to an activating group) is 1. The molecule has 2 aromatic rings. The minimum atomic E-state index is -4.81. The van der Waals surface area contributed by atoms with Gasteiger partial charge in [0.05, 0.1) is 22.3 Å². The number of hydrogen-bond donors (Lipinski definition) is 2. The van der Waals surface area contributed by atoms with Crippen molar-refractivity contribution in [2.45, 2.75) is 13.1 Å². The molecule has 0 bridgehead atoms. The van der Waals surface area contributed by atoms with Gasteiger partial charge < -0.3 is 15.2 Å². The number of aliphatic hydroxyl groups is 1. The predicted octanol–water partition coefficient (Wildman–Crippen LogP) is 3.16. The van der Waals surface area contributed by atoms with Gasteiger partial charge >= 0.3 is 6.18 Å². The van der Waals surface area contributed by atoms with Crippen LogP contribution < -0.4 is 15.1 Å². The Morgan fingerprint density at radius 2 is 2.08 bits per heavy atom. The number of benzene rings is 1. The molecule has 0 saturated carbocycles. The Hall–Kier alpha value is -3.96. The second-order valence-corrected chi connectivity index (χ2v) is 7.31. The Kier molecular flexibility index (Phi) is 9.53. The molecule has 0 unspecified atom stereocenters. The fourth-order valence-electron chi connectivity index (χ4n) is 2.71. The molecule has 2 rings (SSSR count). The van der Waals surface area contributed by atoms with E-state index in [1.165, 1.54) is 18.2 Å². The lowest BCUT2D eigenvalue weighted by Gasteiger charge is -2.21. The van der Waals surface area contributed by atoms with Crippen molar-refractivity contribution in [1.82, 2.24) is 9.88 Å². The van der Waals surface area contributed by atoms with Crippen molar-refractivity contribution in [1.29, 1.82) is 5.26 Å². The van der Waals surface area contributed by atoms with Gasteiger partial charge in [-0.1, -0.05) is 11.6 Å². The lowest BCUT2D eigenvalue weighted by Crippen LogP contribution is -2.34. The number of aromatic nitrogens is 1. The van der Waals surface area contributed by atoms with Crippen LogP contribution in [0.3, 0.4) is 0 Å². The lowest BCUT2D eigenvalue weighted by molar-refractivity contribution is -0.154. The highest BCUT2D eigenvalue weighted by Gasteiger charge is 2.31. The molecule has 2 N–H and O–H groups in total. The monoisotopic (exact) mass is 530 g/mol. The molecule has 0 aliphatic heterocycles. The number of aliphatic hydroxyl groups excluding tert-OH is 1. The minimum Gasteiger partial charge on any atom is -0.467 e. The highest BCUT2D eigenvalue weighted by molar-refractivity contribution is 6.34. The van der Waals surface area contributed by atoms with Crippen LogP contribution in [-0.4, -0.2) is 66.1 Å². The van der Waals surface area contributed by atoms with Crippen molar-refractivity contribution in [3.8, 4) is 11.9 Å². The molecule has 15 heteroatoms. The first kappa shape index (κ1) is 28.3. The van der Waals surface area contributed by atoms with Crippen LogP contribution in [0.25, 0.3) is 0 Å². The van der Waals surface area contributed by atoms with Crippen molar-refractivity contribution in [2.24, 2.45) is 5.10 Å². The Morgan fingerprint density at radius 1 is 1.39 bits per heavy atom. The number of rotatable bonds is 9. The Morgan fingerprint density at radius 3 is 2.64 bits per heavy atom. The van der Waals surface area contributed by atoms with Crippen molar-refractivity contribution in [3.05, 3.63) is 46.2 Å². The predicted molar refractivity (Wildman–Crippen MR) is 121 cm³/mol. The number of hydrazone groups is 1. The molecule has 2 amide bonds. The van der Waals surface area contributed by atoms with E-state index < -0.39 is 48.4 Å². The van der Waals surface area contributed by atoms with Crippen LogP contribution >= 0.6 is 11.6 Å². The number of carbonyl (C=O) groups is 2. The quantitative estimate of drug-likeness (QED) is 0.167. The zero-order valence-corrected chi connectivity index (χ0v) is 19.6. The Balaban J connectivity index is 2.52. The number of pyridine rings is 1. The van der Waals surface area contributed by atoms with Crippen molar-refractivity contribution < 1.29 is 37.0 Å². The van der Waals surface area contributed by atoms with Gasteiger partial charge in [-0.2, -0.15) is 28.5 Å². The van der Waals surface area contributed by atoms with Gasteiger partial charge in [-0.25, -0.2) is 9.40 Å². The maximum Gasteiger partial charge on any atom is 0.422 e. The van der Waals surface area contributed by atoms with Gasteiger partial charge in [-0.3, -0.25) is 14.5 Å². The average molecular weight is 531 g/mol. The minimum absolute atomic E-state index is 0.00595. The number of carbonyl (C=O) groups excluding carboxylic acids is 2. The van der Waals surface area contributed by atoms with Gasteiger partial charge in [0.15, 0.2) is 24.1 Å². The van der Waals surface area contributed by atoms with Crippen LogP contribution in [0.15, 0.2) is 29.4 Å². The van der Waals surface area contributed by atoms with E-state index in [1.807, 2.05) is 6.07 Å². The van der Waals surface area contributed by atoms with E-state index in [1.54, 1.807) is 6.92 Å². The van der Waals surface area contributed by atoms with Crippen molar-refractivity contribution in [3.63, 3.8) is 0 Å². The molecule has 36 heavy (non-hydrogen) atoms. The molecule has 192 valence electrons. The van der Waals surface area contributed by atoms with E-state index in [9.17, 15) is 32.3 Å². The molecule has 1 aromatic heterocycles. The third-order valence-corrected chi connectivity index (χ3v) is 4.73. The normalized spacial score (nSPS) is 11.5. The molecule has 0 aliphatic rings. The molecule has 0 aliphatic carbocycles. The number of amidine groups is 1. The zero-order chi connectivity index (χ0) is 27.0. The van der Waals surface area contributed by atoms with Gasteiger partial charge in [0, 0.05) is 13.6 Å². The highest BCUT2D eigenvalue weighted by atomic mass is 35.5. The molecule has 1 aromatic carbocycles. The molecule has 0 radical (unpaired) electrons. The first-order valence-corrected chi connectivity index (χ1v) is 10.4. The number of amides is 2. The van der Waals surface area contributed by atoms with E-state index in [0.717, 1.165) is 17.0 Å². The molecule has 0 atom stereocenters. The summed E-state index contributed by atoms with van der Waals surface area (Å²) in [6.45, 7) is -0.882. The Bertz CT molecular complexity index is 1200. The van der Waals surface area contributed by atoms with Crippen molar-refractivity contribution in [2.75, 3.05) is 37.1 Å². The van der Waals surface area contributed by atoms with Crippen LogP contribution in [0.2, 0.25) is 5.02 Å². The van der Waals surface area contributed by atoms with Crippen LogP contribution in [0.4, 0.5) is 29.1 Å². The fraction of sp³-hybridized carbons (Fsp3) is 0.286. The third-order valence-electron chi connectivity index (χ3n) is 4.40. The molecule has 10 nitrogen and oxygen atoms in total. The summed E-state index contributed by atoms with van der Waals surface area (Å²) in [6, 6.07) is 6.29. The number of halogens is 5. The molecule has 1 heterocycles. The summed E-state index contributed by atoms with van der Waals surface area (Å²) < 4.78 is 58.0. The molecule has 0 fully saturated rings. The summed E-state index contributed by atoms with van der Waals surface area (Å²) in [6.07, 6.45) is -4.45. The average Bonchev–Trinajstić information content (AvgIpc) is 2.83. The first-order valence-electron chi connectivity index (χ1n) is 9.99. The summed E-state index contributed by atoms with van der Waals surface area (Å²) >= 11 is 5.99. The number of nitrogens with one attached hydrogen (secondary N) is 1. The van der Waals surface area contributed by atoms with Gasteiger partial charge in [0.25, 0.3) is 5.91 Å². The van der Waals surface area contributed by atoms with E-state index in [0.29, 0.717) is 12.5 Å². The summed E-state index contributed by atoms with van der Waals surface area (Å²) in [5.74, 6) is -4.07. The van der Waals surface area contributed by atoms with E-state index >= 15 is 0 Å². The largest absolute Gasteiger partial charge is 0.467 e. The summed E-state index contributed by atoms with van der Waals surface area (Å²) in [5, 5.41) is 25.4. The maximum atomic E-state index is 14.9. The smallest absolute Gasteiger partial charge is 0.422 e. The number of nitrogens with zero attached hydrogens (tertiary/aromatic N) is 5. The second kappa shape index (κ2) is 12.1. The lowest BCUT2D eigenvalue weighted by atomic mass is 10.2. The van der Waals surface area contributed by atoms with Crippen LogP contribution in [0, 0.1) is 17.1 Å². The van der Waals surface area contributed by atoms with E-state index in [4.69, 9.17) is 16.9 Å². The number of nitriles is 1. The van der Waals surface area contributed by atoms with Gasteiger partial charge in [0.2, 0.25) is 12.3 Å². The van der Waals surface area contributed by atoms with Crippen LogP contribution in [0.1, 0.15) is 22.8 Å². The van der Waals surface area contributed by atoms with E-state index in [2.05, 4.69) is 20.1 Å². The summed E-state index contributed by atoms with van der Waals surface area (Å²) in [4.78, 5) is 28.6. The zero-order valence-electron chi connectivity index (χ0n) is 18.8. The molecule has 0 spiro atoms. The highest BCUT2D eigenvalue weighted by Crippen LogP contribution is 2.29. The number of hydrogen-bond acceptors (Lipinski definition) is 8. The number of alkyl halides is 3. The van der Waals surface area contributed by atoms with Gasteiger partial charge in [0.1, 0.15) is 12.2 Å². The van der Waals surface area contributed by atoms with E-state index in [-0.39, 0.29) is 28.7 Å². The summed E-state index contributed by atoms with van der Waals surface area (Å²) in [5.41, 5.74) is -0.643. The topological polar surface area (TPSA) is 131 Å². The van der Waals surface area contributed by atoms with Gasteiger partial charge in [-0.05, 0) is 31.2 Å². The third kappa shape index (κ3) is 7.27.